The van der Waals surface area contributed by atoms with E-state index >= 15 is 0 Å². The standard InChI is InChI=1S/C14H18N2O2/c1-15(2)9-5-6-10-16-13(17)11-7-3-4-8-12(11)14(16)18/h3-4,11-12H,7-10H2,1-2H3/p+1/t11-,12+. The predicted octanol–water partition coefficient (Wildman–Crippen LogP) is -0.914. The van der Waals surface area contributed by atoms with Gasteiger partial charge in [-0.3, -0.25) is 14.5 Å². The van der Waals surface area contributed by atoms with Gasteiger partial charge in [0.15, 0.2) is 0 Å². The fourth-order valence-corrected chi connectivity index (χ4v) is 2.40. The van der Waals surface area contributed by atoms with Gasteiger partial charge in [-0.2, -0.15) is 0 Å². The van der Waals surface area contributed by atoms with E-state index in [1.54, 1.807) is 0 Å². The van der Waals surface area contributed by atoms with Crippen LogP contribution in [0.2, 0.25) is 0 Å². The van der Waals surface area contributed by atoms with Crippen molar-refractivity contribution in [1.29, 1.82) is 0 Å². The first-order valence-corrected chi connectivity index (χ1v) is 6.36. The summed E-state index contributed by atoms with van der Waals surface area (Å²) in [7, 11) is 4.03. The summed E-state index contributed by atoms with van der Waals surface area (Å²) in [4.78, 5) is 26.7. The van der Waals surface area contributed by atoms with Crippen LogP contribution in [0.4, 0.5) is 0 Å². The van der Waals surface area contributed by atoms with Crippen molar-refractivity contribution in [3.8, 4) is 11.8 Å². The van der Waals surface area contributed by atoms with Crippen LogP contribution in [0.3, 0.4) is 0 Å². The number of carbonyl (C=O) groups is 2. The molecule has 4 heteroatoms. The molecular weight excluding hydrogens is 228 g/mol. The molecule has 0 unspecified atom stereocenters. The third-order valence-corrected chi connectivity index (χ3v) is 3.40. The Morgan fingerprint density at radius 2 is 1.72 bits per heavy atom. The molecule has 1 N–H and O–H groups in total. The number of imide groups is 1. The summed E-state index contributed by atoms with van der Waals surface area (Å²) in [5.74, 6) is 5.56. The number of amides is 2. The van der Waals surface area contributed by atoms with E-state index in [1.807, 2.05) is 26.2 Å². The number of allylic oxidation sites excluding steroid dienone is 2. The number of quaternary nitrogens is 1. The summed E-state index contributed by atoms with van der Waals surface area (Å²) >= 11 is 0. The molecule has 4 nitrogen and oxygen atoms in total. The minimum atomic E-state index is -0.135. The van der Waals surface area contributed by atoms with E-state index in [9.17, 15) is 9.59 Å². The first kappa shape index (κ1) is 12.8. The maximum atomic E-state index is 12.1. The normalized spacial score (nSPS) is 26.3. The van der Waals surface area contributed by atoms with Gasteiger partial charge in [0.2, 0.25) is 11.8 Å². The molecule has 18 heavy (non-hydrogen) atoms. The molecule has 2 aliphatic rings. The van der Waals surface area contributed by atoms with Crippen LogP contribution in [-0.4, -0.2) is 43.9 Å². The molecule has 1 aliphatic heterocycles. The summed E-state index contributed by atoms with van der Waals surface area (Å²) in [6.45, 7) is 0.975. The van der Waals surface area contributed by atoms with Gasteiger partial charge in [-0.15, -0.1) is 0 Å². The first-order chi connectivity index (χ1) is 8.61. The molecule has 96 valence electrons. The van der Waals surface area contributed by atoms with Gasteiger partial charge < -0.3 is 4.90 Å². The maximum Gasteiger partial charge on any atom is 0.234 e. The molecule has 2 atom stereocenters. The number of fused-ring (bicyclic) bond motifs is 1. The highest BCUT2D eigenvalue weighted by Crippen LogP contribution is 2.34. The summed E-state index contributed by atoms with van der Waals surface area (Å²) in [6, 6.07) is 0. The minimum absolute atomic E-state index is 0.0409. The number of carbonyl (C=O) groups excluding carboxylic acids is 2. The highest BCUT2D eigenvalue weighted by Gasteiger charge is 2.46. The molecule has 0 aromatic heterocycles. The summed E-state index contributed by atoms with van der Waals surface area (Å²) < 4.78 is 0. The van der Waals surface area contributed by atoms with Gasteiger partial charge in [0.1, 0.15) is 6.54 Å². The summed E-state index contributed by atoms with van der Waals surface area (Å²) in [5.41, 5.74) is 0. The lowest BCUT2D eigenvalue weighted by molar-refractivity contribution is -0.850. The zero-order chi connectivity index (χ0) is 13.1. The second-order valence-corrected chi connectivity index (χ2v) is 5.16. The monoisotopic (exact) mass is 247 g/mol. The van der Waals surface area contributed by atoms with E-state index < -0.39 is 0 Å². The van der Waals surface area contributed by atoms with Crippen molar-refractivity contribution in [2.24, 2.45) is 11.8 Å². The van der Waals surface area contributed by atoms with Gasteiger partial charge in [-0.05, 0) is 18.8 Å². The van der Waals surface area contributed by atoms with Gasteiger partial charge >= 0.3 is 0 Å². The number of hydrogen-bond acceptors (Lipinski definition) is 2. The van der Waals surface area contributed by atoms with Gasteiger partial charge in [-0.1, -0.05) is 18.1 Å². The van der Waals surface area contributed by atoms with Crippen LogP contribution < -0.4 is 4.90 Å². The molecule has 1 aliphatic carbocycles. The lowest BCUT2D eigenvalue weighted by atomic mass is 9.85. The Hall–Kier alpha value is -1.60. The second kappa shape index (κ2) is 5.36. The molecule has 0 bridgehead atoms. The van der Waals surface area contributed by atoms with Crippen LogP contribution >= 0.6 is 0 Å². The highest BCUT2D eigenvalue weighted by atomic mass is 16.2. The zero-order valence-electron chi connectivity index (χ0n) is 10.9. The molecule has 0 aromatic carbocycles. The highest BCUT2D eigenvalue weighted by molar-refractivity contribution is 6.05. The third kappa shape index (κ3) is 2.46. The molecule has 1 heterocycles. The fourth-order valence-electron chi connectivity index (χ4n) is 2.40. The van der Waals surface area contributed by atoms with E-state index in [4.69, 9.17) is 0 Å². The van der Waals surface area contributed by atoms with Crippen molar-refractivity contribution >= 4 is 11.8 Å². The molecule has 1 fully saturated rings. The molecule has 0 saturated carbocycles. The van der Waals surface area contributed by atoms with E-state index in [0.29, 0.717) is 12.8 Å². The number of nitrogens with one attached hydrogen (secondary N) is 1. The third-order valence-electron chi connectivity index (χ3n) is 3.40. The van der Waals surface area contributed by atoms with E-state index in [-0.39, 0.29) is 30.2 Å². The van der Waals surface area contributed by atoms with Crippen molar-refractivity contribution in [3.05, 3.63) is 12.2 Å². The van der Waals surface area contributed by atoms with Crippen molar-refractivity contribution in [3.63, 3.8) is 0 Å². The van der Waals surface area contributed by atoms with Gasteiger partial charge in [0.05, 0.1) is 32.5 Å². The average molecular weight is 247 g/mol. The molecule has 1 saturated heterocycles. The number of nitrogens with zero attached hydrogens (tertiary/aromatic N) is 1. The molecule has 0 spiro atoms. The lowest BCUT2D eigenvalue weighted by Crippen LogP contribution is -3.05. The summed E-state index contributed by atoms with van der Waals surface area (Å²) in [6.07, 6.45) is 5.38. The number of hydrogen-bond donors (Lipinski definition) is 1. The Labute approximate surface area is 108 Å². The van der Waals surface area contributed by atoms with Crippen LogP contribution in [0.15, 0.2) is 12.2 Å². The SMILES string of the molecule is C[NH+](C)CC#CCN1C(=O)[C@H]2CC=CC[C@H]2C1=O. The Morgan fingerprint density at radius 1 is 1.17 bits per heavy atom. The zero-order valence-corrected chi connectivity index (χ0v) is 10.9. The molecule has 0 radical (unpaired) electrons. The second-order valence-electron chi connectivity index (χ2n) is 5.16. The quantitative estimate of drug-likeness (QED) is 0.390. The Kier molecular flexibility index (Phi) is 3.83. The first-order valence-electron chi connectivity index (χ1n) is 6.36. The van der Waals surface area contributed by atoms with Crippen molar-refractivity contribution < 1.29 is 14.5 Å². The largest absolute Gasteiger partial charge is 0.330 e. The van der Waals surface area contributed by atoms with Crippen LogP contribution in [-0.2, 0) is 9.59 Å². The van der Waals surface area contributed by atoms with Gasteiger partial charge in [-0.25, -0.2) is 0 Å². The van der Waals surface area contributed by atoms with E-state index in [2.05, 4.69) is 11.8 Å². The molecular formula is C14H19N2O2+. The van der Waals surface area contributed by atoms with Gasteiger partial charge in [0, 0.05) is 0 Å². The van der Waals surface area contributed by atoms with E-state index in [0.717, 1.165) is 6.54 Å². The maximum absolute atomic E-state index is 12.1. The Bertz CT molecular complexity index is 416. The van der Waals surface area contributed by atoms with E-state index in [1.165, 1.54) is 9.80 Å². The molecule has 0 aromatic rings. The summed E-state index contributed by atoms with van der Waals surface area (Å²) in [5, 5.41) is 0. The molecule has 2 amide bonds. The molecule has 2 rings (SSSR count). The Morgan fingerprint density at radius 3 is 2.22 bits per heavy atom. The van der Waals surface area contributed by atoms with Crippen LogP contribution in [0, 0.1) is 23.7 Å². The Balaban J connectivity index is 1.99. The van der Waals surface area contributed by atoms with Crippen LogP contribution in [0.5, 0.6) is 0 Å². The number of likely N-dealkylation sites (tertiary alicyclic amines) is 1. The van der Waals surface area contributed by atoms with Crippen molar-refractivity contribution in [1.82, 2.24) is 4.90 Å². The smallest absolute Gasteiger partial charge is 0.234 e. The lowest BCUT2D eigenvalue weighted by Gasteiger charge is -2.14. The predicted molar refractivity (Wildman–Crippen MR) is 67.5 cm³/mol. The number of rotatable bonds is 2. The van der Waals surface area contributed by atoms with Crippen molar-refractivity contribution in [2.75, 3.05) is 27.2 Å². The van der Waals surface area contributed by atoms with Gasteiger partial charge in [0.25, 0.3) is 0 Å². The van der Waals surface area contributed by atoms with Crippen molar-refractivity contribution in [2.45, 2.75) is 12.8 Å². The van der Waals surface area contributed by atoms with Crippen LogP contribution in [0.1, 0.15) is 12.8 Å². The topological polar surface area (TPSA) is 41.8 Å². The fraction of sp³-hybridized carbons (Fsp3) is 0.571. The van der Waals surface area contributed by atoms with Crippen LogP contribution in [0.25, 0.3) is 0 Å². The average Bonchev–Trinajstić information content (AvgIpc) is 2.59. The minimum Gasteiger partial charge on any atom is -0.330 e.